The van der Waals surface area contributed by atoms with E-state index < -0.39 is 43.8 Å². The van der Waals surface area contributed by atoms with E-state index >= 15 is 0 Å². The Morgan fingerprint density at radius 1 is 1.05 bits per heavy atom. The normalized spacial score (nSPS) is 12.3. The lowest BCUT2D eigenvalue weighted by Crippen LogP contribution is -2.30. The third kappa shape index (κ3) is 6.38. The topological polar surface area (TPSA) is 121 Å². The fourth-order valence-electron chi connectivity index (χ4n) is 4.32. The summed E-state index contributed by atoms with van der Waals surface area (Å²) < 4.78 is 67.7. The largest absolute Gasteiger partial charge is 0.493 e. The average Bonchev–Trinajstić information content (AvgIpc) is 2.94. The van der Waals surface area contributed by atoms with Crippen LogP contribution in [0.2, 0.25) is 0 Å². The highest BCUT2D eigenvalue weighted by Crippen LogP contribution is 2.33. The summed E-state index contributed by atoms with van der Waals surface area (Å²) >= 11 is 0. The number of rotatable bonds is 10. The van der Waals surface area contributed by atoms with Gasteiger partial charge in [0.15, 0.2) is 4.90 Å². The van der Waals surface area contributed by atoms with Crippen LogP contribution in [0.5, 0.6) is 5.88 Å². The van der Waals surface area contributed by atoms with E-state index in [1.807, 2.05) is 0 Å². The molecule has 2 aromatic heterocycles. The summed E-state index contributed by atoms with van der Waals surface area (Å²) in [4.78, 5) is 19.8. The van der Waals surface area contributed by atoms with Crippen molar-refractivity contribution in [3.05, 3.63) is 99.9 Å². The zero-order valence-electron chi connectivity index (χ0n) is 22.9. The molecule has 1 N–H and O–H groups in total. The second-order valence-electron chi connectivity index (χ2n) is 9.52. The van der Waals surface area contributed by atoms with E-state index in [9.17, 15) is 27.1 Å². The molecule has 2 heterocycles. The van der Waals surface area contributed by atoms with E-state index in [1.54, 1.807) is 26.1 Å². The van der Waals surface area contributed by atoms with E-state index in [2.05, 4.69) is 15.9 Å². The van der Waals surface area contributed by atoms with Crippen LogP contribution in [-0.4, -0.2) is 47.9 Å². The van der Waals surface area contributed by atoms with Crippen LogP contribution in [0.25, 0.3) is 11.1 Å². The SMILES string of the molecule is C#Cc1cncc(-c2ccc(S(=O)(=O)c3c(O)n([C@@H](COC)c4cc(F)cc(F)c4)c(COC(C)C)nc3=O)cc2)c1. The van der Waals surface area contributed by atoms with Crippen molar-refractivity contribution in [1.82, 2.24) is 14.5 Å². The monoisotopic (exact) mass is 595 g/mol. The molecule has 0 unspecified atom stereocenters. The van der Waals surface area contributed by atoms with E-state index in [-0.39, 0.29) is 35.6 Å². The number of hydrogen-bond acceptors (Lipinski definition) is 8. The van der Waals surface area contributed by atoms with Gasteiger partial charge in [-0.25, -0.2) is 17.2 Å². The van der Waals surface area contributed by atoms with Gasteiger partial charge in [-0.05, 0) is 55.3 Å². The van der Waals surface area contributed by atoms with Gasteiger partial charge in [0.05, 0.1) is 23.6 Å². The average molecular weight is 596 g/mol. The van der Waals surface area contributed by atoms with Crippen molar-refractivity contribution < 1.29 is 31.8 Å². The van der Waals surface area contributed by atoms with Crippen LogP contribution in [0, 0.1) is 24.0 Å². The third-order valence-electron chi connectivity index (χ3n) is 6.26. The van der Waals surface area contributed by atoms with Crippen LogP contribution in [0.15, 0.2) is 75.5 Å². The van der Waals surface area contributed by atoms with Crippen molar-refractivity contribution in [3.63, 3.8) is 0 Å². The van der Waals surface area contributed by atoms with Gasteiger partial charge in [-0.2, -0.15) is 4.98 Å². The first-order chi connectivity index (χ1) is 20.0. The molecule has 0 bridgehead atoms. The molecule has 218 valence electrons. The highest BCUT2D eigenvalue weighted by molar-refractivity contribution is 7.91. The van der Waals surface area contributed by atoms with Crippen LogP contribution in [0.1, 0.15) is 36.8 Å². The minimum Gasteiger partial charge on any atom is -0.493 e. The van der Waals surface area contributed by atoms with Gasteiger partial charge in [-0.15, -0.1) is 6.42 Å². The van der Waals surface area contributed by atoms with Crippen LogP contribution in [0.4, 0.5) is 8.78 Å². The third-order valence-corrected chi connectivity index (χ3v) is 8.04. The van der Waals surface area contributed by atoms with Crippen molar-refractivity contribution in [2.45, 2.75) is 42.4 Å². The maximum atomic E-state index is 14.2. The van der Waals surface area contributed by atoms with E-state index in [4.69, 9.17) is 15.9 Å². The number of terminal acetylenes is 1. The molecule has 0 spiro atoms. The predicted octanol–water partition coefficient (Wildman–Crippen LogP) is 4.26. The molecule has 9 nitrogen and oxygen atoms in total. The smallest absolute Gasteiger partial charge is 0.296 e. The van der Waals surface area contributed by atoms with Gasteiger partial charge >= 0.3 is 0 Å². The van der Waals surface area contributed by atoms with Crippen molar-refractivity contribution in [1.29, 1.82) is 0 Å². The lowest BCUT2D eigenvalue weighted by atomic mass is 10.1. The van der Waals surface area contributed by atoms with Gasteiger partial charge in [0, 0.05) is 36.7 Å². The number of ether oxygens (including phenoxy) is 2. The molecular weight excluding hydrogens is 568 g/mol. The number of sulfone groups is 1. The Bertz CT molecular complexity index is 1800. The molecular formula is C30H27F2N3O6S. The number of benzene rings is 2. The number of pyridine rings is 1. The zero-order valence-corrected chi connectivity index (χ0v) is 23.7. The van der Waals surface area contributed by atoms with Crippen molar-refractivity contribution in [3.8, 4) is 29.4 Å². The number of aromatic nitrogens is 3. The Hall–Kier alpha value is -4.44. The summed E-state index contributed by atoms with van der Waals surface area (Å²) in [6, 6.07) is 8.73. The van der Waals surface area contributed by atoms with E-state index in [1.165, 1.54) is 37.6 Å². The maximum Gasteiger partial charge on any atom is 0.296 e. The van der Waals surface area contributed by atoms with Gasteiger partial charge in [0.1, 0.15) is 24.1 Å². The molecule has 4 rings (SSSR count). The van der Waals surface area contributed by atoms with Crippen LogP contribution in [0.3, 0.4) is 0 Å². The van der Waals surface area contributed by atoms with Crippen molar-refractivity contribution in [2.75, 3.05) is 13.7 Å². The lowest BCUT2D eigenvalue weighted by Gasteiger charge is -2.26. The molecule has 42 heavy (non-hydrogen) atoms. The molecule has 4 aromatic rings. The van der Waals surface area contributed by atoms with Gasteiger partial charge in [0.2, 0.25) is 15.7 Å². The number of hydrogen-bond donors (Lipinski definition) is 1. The van der Waals surface area contributed by atoms with E-state index in [0.717, 1.165) is 16.7 Å². The fourth-order valence-corrected chi connectivity index (χ4v) is 5.67. The summed E-state index contributed by atoms with van der Waals surface area (Å²) in [5.74, 6) is -0.496. The summed E-state index contributed by atoms with van der Waals surface area (Å²) in [7, 11) is -3.34. The molecule has 2 aromatic carbocycles. The highest BCUT2D eigenvalue weighted by atomic mass is 32.2. The van der Waals surface area contributed by atoms with E-state index in [0.29, 0.717) is 22.8 Å². The lowest BCUT2D eigenvalue weighted by molar-refractivity contribution is 0.0554. The Kier molecular flexibility index (Phi) is 9.16. The first kappa shape index (κ1) is 30.5. The number of halogens is 2. The molecule has 0 aliphatic rings. The maximum absolute atomic E-state index is 14.2. The van der Waals surface area contributed by atoms with Gasteiger partial charge in [-0.1, -0.05) is 18.1 Å². The summed E-state index contributed by atoms with van der Waals surface area (Å²) in [5.41, 5.74) is 0.540. The minimum absolute atomic E-state index is 0.00333. The Morgan fingerprint density at radius 2 is 1.71 bits per heavy atom. The Labute approximate surface area is 241 Å². The molecule has 0 saturated carbocycles. The fraction of sp³-hybridized carbons (Fsp3) is 0.233. The minimum atomic E-state index is -4.65. The number of nitrogens with zero attached hydrogens (tertiary/aromatic N) is 3. The van der Waals surface area contributed by atoms with Crippen LogP contribution in [-0.2, 0) is 25.9 Å². The first-order valence-electron chi connectivity index (χ1n) is 12.6. The zero-order chi connectivity index (χ0) is 30.6. The van der Waals surface area contributed by atoms with Gasteiger partial charge < -0.3 is 14.6 Å². The van der Waals surface area contributed by atoms with Gasteiger partial charge in [0.25, 0.3) is 5.56 Å². The Balaban J connectivity index is 1.89. The molecule has 0 fully saturated rings. The molecule has 0 radical (unpaired) electrons. The standard InChI is InChI=1S/C30H27F2N3O6S/c1-5-19-10-22(15-33-14-19)20-6-8-25(9-7-20)42(38,39)28-29(36)34-27(17-41-18(2)3)35(30(28)37)26(16-40-4)21-11-23(31)13-24(32)12-21/h1,6-15,18,26,37H,16-17H2,2-4H3/t26-/m0/s1. The second-order valence-corrected chi connectivity index (χ2v) is 11.4. The van der Waals surface area contributed by atoms with Crippen molar-refractivity contribution in [2.24, 2.45) is 0 Å². The molecule has 0 aliphatic carbocycles. The second kappa shape index (κ2) is 12.6. The molecule has 1 atom stereocenters. The number of aromatic hydroxyl groups is 1. The number of methoxy groups -OCH3 is 1. The predicted molar refractivity (Wildman–Crippen MR) is 150 cm³/mol. The molecule has 0 amide bonds. The molecule has 0 saturated heterocycles. The first-order valence-corrected chi connectivity index (χ1v) is 14.1. The highest BCUT2D eigenvalue weighted by Gasteiger charge is 2.33. The molecule has 12 heteroatoms. The van der Waals surface area contributed by atoms with Gasteiger partial charge in [-0.3, -0.25) is 14.3 Å². The molecule has 0 aliphatic heterocycles. The van der Waals surface area contributed by atoms with Crippen LogP contribution >= 0.6 is 0 Å². The summed E-state index contributed by atoms with van der Waals surface area (Å²) in [6.07, 6.45) is 8.17. The quantitative estimate of drug-likeness (QED) is 0.270. The summed E-state index contributed by atoms with van der Waals surface area (Å²) in [5, 5.41) is 11.4. The van der Waals surface area contributed by atoms with Crippen LogP contribution < -0.4 is 5.56 Å². The Morgan fingerprint density at radius 3 is 2.31 bits per heavy atom. The van der Waals surface area contributed by atoms with Crippen molar-refractivity contribution >= 4 is 9.84 Å². The summed E-state index contributed by atoms with van der Waals surface area (Å²) in [6.45, 7) is 2.85.